The van der Waals surface area contributed by atoms with E-state index in [-0.39, 0.29) is 0 Å². The maximum atomic E-state index is 12.4. The van der Waals surface area contributed by atoms with Crippen molar-refractivity contribution in [3.8, 4) is 0 Å². The number of nitrogens with one attached hydrogen (secondary N) is 1. The van der Waals surface area contributed by atoms with Gasteiger partial charge in [0.15, 0.2) is 31.5 Å². The molecule has 5 aliphatic rings. The van der Waals surface area contributed by atoms with Crippen molar-refractivity contribution in [1.29, 1.82) is 0 Å². The second-order valence-electron chi connectivity index (χ2n) is 14.7. The summed E-state index contributed by atoms with van der Waals surface area (Å²) in [7, 11) is 0. The van der Waals surface area contributed by atoms with E-state index in [1.807, 2.05) is 0 Å². The molecule has 0 aliphatic carbocycles. The Morgan fingerprint density at radius 1 is 0.448 bits per heavy atom. The summed E-state index contributed by atoms with van der Waals surface area (Å²) >= 11 is 0. The molecule has 5 heterocycles. The highest BCUT2D eigenvalue weighted by atomic mass is 16.8. The third-order valence-electron chi connectivity index (χ3n) is 10.7. The van der Waals surface area contributed by atoms with Gasteiger partial charge in [0.05, 0.1) is 32.5 Å². The molecule has 0 radical (unpaired) electrons. The van der Waals surface area contributed by atoms with E-state index in [4.69, 9.17) is 42.6 Å². The molecule has 0 aromatic carbocycles. The number of aliphatic hydroxyl groups is 15. The fourth-order valence-electron chi connectivity index (χ4n) is 7.36. The van der Waals surface area contributed by atoms with Gasteiger partial charge in [-0.05, 0) is 6.92 Å². The first-order valence-corrected chi connectivity index (χ1v) is 18.5. The Labute approximate surface area is 329 Å². The summed E-state index contributed by atoms with van der Waals surface area (Å²) in [6.45, 7) is -1.30. The van der Waals surface area contributed by atoms with E-state index in [1.54, 1.807) is 0 Å². The second-order valence-corrected chi connectivity index (χ2v) is 14.7. The number of rotatable bonds is 13. The second kappa shape index (κ2) is 20.1. The fraction of sp³-hybridized carbons (Fsp3) is 0.969. The van der Waals surface area contributed by atoms with Gasteiger partial charge >= 0.3 is 0 Å². The molecule has 0 bridgehead atoms. The van der Waals surface area contributed by atoms with E-state index in [0.29, 0.717) is 0 Å². The zero-order chi connectivity index (χ0) is 42.9. The summed E-state index contributed by atoms with van der Waals surface area (Å²) in [6, 6.07) is -1.71. The van der Waals surface area contributed by atoms with Crippen molar-refractivity contribution >= 4 is 5.91 Å². The van der Waals surface area contributed by atoms with E-state index in [9.17, 15) is 81.4 Å². The van der Waals surface area contributed by atoms with Gasteiger partial charge in [0.2, 0.25) is 5.91 Å². The van der Waals surface area contributed by atoms with Gasteiger partial charge in [-0.1, -0.05) is 0 Å². The van der Waals surface area contributed by atoms with Crippen molar-refractivity contribution in [1.82, 2.24) is 5.32 Å². The van der Waals surface area contributed by atoms with Crippen molar-refractivity contribution in [2.24, 2.45) is 0 Å². The standard InChI is InChI=1S/C32H55NO25/c1-7-14(39)18(43)22(47)30(50-7)58-27-19(44)15(40)9(3-34)53-32(27)56-24-12(6-37)54-29(13(17(24)42)33-8(2)38)57-26-16(41)10(4-35)52-31(23(26)48)55-25-11(5-36)51-28(49)21(46)20(25)45/h7,9-32,34-37,39-49H,3-6H2,1-2H3,(H,33,38). The monoisotopic (exact) mass is 853 g/mol. The minimum absolute atomic E-state index is 0.806. The zero-order valence-corrected chi connectivity index (χ0v) is 31.1. The molecule has 0 spiro atoms. The summed E-state index contributed by atoms with van der Waals surface area (Å²) in [5.41, 5.74) is 0. The number of ether oxygens (including phenoxy) is 9. The number of amides is 1. The van der Waals surface area contributed by atoms with Gasteiger partial charge in [0.25, 0.3) is 0 Å². The van der Waals surface area contributed by atoms with Crippen molar-refractivity contribution < 1.29 is 124 Å². The average molecular weight is 854 g/mol. The van der Waals surface area contributed by atoms with Crippen LogP contribution in [0.25, 0.3) is 0 Å². The first-order chi connectivity index (χ1) is 27.4. The number of hydrogen-bond donors (Lipinski definition) is 16. The van der Waals surface area contributed by atoms with Crippen LogP contribution in [-0.4, -0.2) is 262 Å². The fourth-order valence-corrected chi connectivity index (χ4v) is 7.36. The smallest absolute Gasteiger partial charge is 0.217 e. The topological polar surface area (TPSA) is 416 Å². The van der Waals surface area contributed by atoms with Crippen LogP contribution < -0.4 is 5.32 Å². The van der Waals surface area contributed by atoms with Crippen LogP contribution in [0.15, 0.2) is 0 Å². The molecule has 5 aliphatic heterocycles. The molecular weight excluding hydrogens is 798 g/mol. The molecule has 0 aromatic heterocycles. The molecule has 25 unspecified atom stereocenters. The molecule has 0 saturated carbocycles. The Kier molecular flexibility index (Phi) is 16.5. The van der Waals surface area contributed by atoms with Gasteiger partial charge in [-0.3, -0.25) is 4.79 Å². The Balaban J connectivity index is 1.38. The van der Waals surface area contributed by atoms with E-state index >= 15 is 0 Å². The zero-order valence-electron chi connectivity index (χ0n) is 31.1. The van der Waals surface area contributed by atoms with Gasteiger partial charge < -0.3 is 125 Å². The Morgan fingerprint density at radius 3 is 1.52 bits per heavy atom. The summed E-state index contributed by atoms with van der Waals surface area (Å²) in [5, 5.41) is 160. The third-order valence-corrected chi connectivity index (χ3v) is 10.7. The minimum Gasteiger partial charge on any atom is -0.394 e. The number of carbonyl (C=O) groups excluding carboxylic acids is 1. The lowest BCUT2D eigenvalue weighted by Crippen LogP contribution is -2.70. The molecular formula is C32H55NO25. The molecule has 1 amide bonds. The third kappa shape index (κ3) is 9.75. The highest BCUT2D eigenvalue weighted by molar-refractivity contribution is 5.73. The highest BCUT2D eigenvalue weighted by Gasteiger charge is 2.57. The van der Waals surface area contributed by atoms with Crippen LogP contribution in [-0.2, 0) is 47.4 Å². The summed E-state index contributed by atoms with van der Waals surface area (Å²) < 4.78 is 50.6. The SMILES string of the molecule is CC(=O)NC1C(OC2C(O)C(CO)OC(OC3C(CO)OC(O)C(O)C3O)C2O)OC(CO)C(OC2OC(CO)C(O)C(O)C2OC2OC(C)C(O)C(O)C2O)C1O. The molecule has 16 N–H and O–H groups in total. The van der Waals surface area contributed by atoms with Crippen LogP contribution in [0.5, 0.6) is 0 Å². The van der Waals surface area contributed by atoms with Gasteiger partial charge in [-0.25, -0.2) is 0 Å². The Hall–Kier alpha value is -1.49. The highest BCUT2D eigenvalue weighted by Crippen LogP contribution is 2.36. The molecule has 5 fully saturated rings. The minimum atomic E-state index is -2.08. The van der Waals surface area contributed by atoms with Gasteiger partial charge in [0.1, 0.15) is 116 Å². The van der Waals surface area contributed by atoms with Crippen molar-refractivity contribution in [2.45, 2.75) is 167 Å². The summed E-state index contributed by atoms with van der Waals surface area (Å²) in [5.74, 6) is -0.806. The molecule has 5 rings (SSSR count). The van der Waals surface area contributed by atoms with Crippen molar-refractivity contribution in [3.05, 3.63) is 0 Å². The van der Waals surface area contributed by atoms with E-state index in [2.05, 4.69) is 5.32 Å². The van der Waals surface area contributed by atoms with E-state index in [0.717, 1.165) is 6.92 Å². The Morgan fingerprint density at radius 2 is 0.914 bits per heavy atom. The summed E-state index contributed by atoms with van der Waals surface area (Å²) in [4.78, 5) is 12.4. The maximum absolute atomic E-state index is 12.4. The normalized spacial score (nSPS) is 51.6. The largest absolute Gasteiger partial charge is 0.394 e. The quantitative estimate of drug-likeness (QED) is 0.0818. The lowest BCUT2D eigenvalue weighted by atomic mass is 9.94. The first-order valence-electron chi connectivity index (χ1n) is 18.5. The van der Waals surface area contributed by atoms with Crippen molar-refractivity contribution in [2.75, 3.05) is 26.4 Å². The van der Waals surface area contributed by atoms with Crippen LogP contribution in [0, 0.1) is 0 Å². The van der Waals surface area contributed by atoms with Crippen LogP contribution in [0.4, 0.5) is 0 Å². The van der Waals surface area contributed by atoms with Crippen molar-refractivity contribution in [3.63, 3.8) is 0 Å². The first kappa shape index (κ1) is 47.6. The number of carbonyl (C=O) groups is 1. The predicted octanol–water partition coefficient (Wildman–Crippen LogP) is -10.8. The number of hydrogen-bond acceptors (Lipinski definition) is 25. The molecule has 338 valence electrons. The molecule has 58 heavy (non-hydrogen) atoms. The van der Waals surface area contributed by atoms with Crippen LogP contribution in [0.2, 0.25) is 0 Å². The lowest BCUT2D eigenvalue weighted by Gasteiger charge is -2.50. The molecule has 25 atom stereocenters. The summed E-state index contributed by atoms with van der Waals surface area (Å²) in [6.07, 6.45) is -43.0. The molecule has 26 nitrogen and oxygen atoms in total. The average Bonchev–Trinajstić information content (AvgIpc) is 3.19. The van der Waals surface area contributed by atoms with E-state index in [1.165, 1.54) is 6.92 Å². The van der Waals surface area contributed by atoms with Crippen LogP contribution in [0.3, 0.4) is 0 Å². The van der Waals surface area contributed by atoms with Crippen LogP contribution in [0.1, 0.15) is 13.8 Å². The number of aliphatic hydroxyl groups excluding tert-OH is 15. The van der Waals surface area contributed by atoms with Gasteiger partial charge in [-0.15, -0.1) is 0 Å². The van der Waals surface area contributed by atoms with E-state index < -0.39 is 186 Å². The maximum Gasteiger partial charge on any atom is 0.217 e. The van der Waals surface area contributed by atoms with Gasteiger partial charge in [-0.2, -0.15) is 0 Å². The van der Waals surface area contributed by atoms with Crippen LogP contribution >= 0.6 is 0 Å². The molecule has 26 heteroatoms. The van der Waals surface area contributed by atoms with Gasteiger partial charge in [0, 0.05) is 6.92 Å². The Bertz CT molecular complexity index is 1310. The predicted molar refractivity (Wildman–Crippen MR) is 177 cm³/mol. The molecule has 5 saturated heterocycles. The lowest BCUT2D eigenvalue weighted by molar-refractivity contribution is -0.391. The molecule has 0 aromatic rings.